The Kier molecular flexibility index (Phi) is 7.15. The second-order valence-electron chi connectivity index (χ2n) is 7.64. The molecule has 0 bridgehead atoms. The fourth-order valence-corrected chi connectivity index (χ4v) is 4.17. The van der Waals surface area contributed by atoms with E-state index in [0.717, 1.165) is 6.07 Å². The van der Waals surface area contributed by atoms with Crippen molar-refractivity contribution in [3.63, 3.8) is 0 Å². The first kappa shape index (κ1) is 23.0. The van der Waals surface area contributed by atoms with Gasteiger partial charge in [-0.1, -0.05) is 18.5 Å². The predicted octanol–water partition coefficient (Wildman–Crippen LogP) is 3.21. The summed E-state index contributed by atoms with van der Waals surface area (Å²) >= 11 is 5.65. The molecule has 166 valence electrons. The summed E-state index contributed by atoms with van der Waals surface area (Å²) in [4.78, 5) is 39.3. The Labute approximate surface area is 183 Å². The molecule has 10 heteroatoms. The first-order chi connectivity index (χ1) is 14.7. The van der Waals surface area contributed by atoms with Gasteiger partial charge in [0.05, 0.1) is 23.3 Å². The molecule has 2 heterocycles. The van der Waals surface area contributed by atoms with Crippen molar-refractivity contribution in [3.8, 4) is 0 Å². The van der Waals surface area contributed by atoms with Crippen LogP contribution in [0.3, 0.4) is 0 Å². The molecular weight excluding hydrogens is 430 g/mol. The van der Waals surface area contributed by atoms with Crippen molar-refractivity contribution in [1.82, 2.24) is 10.2 Å². The molecule has 2 amide bonds. The minimum Gasteiger partial charge on any atom is -0.339 e. The zero-order valence-electron chi connectivity index (χ0n) is 17.2. The summed E-state index contributed by atoms with van der Waals surface area (Å²) in [5.74, 6) is -4.50. The third-order valence-corrected chi connectivity index (χ3v) is 5.96. The molecule has 1 aromatic carbocycles. The molecule has 0 unspecified atom stereocenters. The third kappa shape index (κ3) is 4.98. The maximum atomic E-state index is 13.6. The van der Waals surface area contributed by atoms with Crippen LogP contribution < -0.4 is 5.32 Å². The average Bonchev–Trinajstić information content (AvgIpc) is 3.39. The van der Waals surface area contributed by atoms with Crippen LogP contribution in [-0.2, 0) is 20.8 Å². The molecule has 0 radical (unpaired) electrons. The molecule has 2 aliphatic heterocycles. The number of amides is 2. The molecular formula is C21H23ClF2N4O3. The van der Waals surface area contributed by atoms with Crippen molar-refractivity contribution in [3.05, 3.63) is 46.1 Å². The minimum atomic E-state index is -1.16. The van der Waals surface area contributed by atoms with Gasteiger partial charge in [0.15, 0.2) is 11.6 Å². The number of azo groups is 1. The molecule has 0 aliphatic carbocycles. The normalized spacial score (nSPS) is 21.2. The molecule has 1 fully saturated rings. The highest BCUT2D eigenvalue weighted by molar-refractivity contribution is 6.35. The molecule has 3 atom stereocenters. The lowest BCUT2D eigenvalue weighted by atomic mass is 9.92. The number of carbonyl (C=O) groups excluding carboxylic acids is 3. The lowest BCUT2D eigenvalue weighted by Gasteiger charge is -2.25. The summed E-state index contributed by atoms with van der Waals surface area (Å²) in [5, 5.41) is 10.1. The second kappa shape index (κ2) is 9.64. The summed E-state index contributed by atoms with van der Waals surface area (Å²) < 4.78 is 26.9. The largest absolute Gasteiger partial charge is 0.339 e. The van der Waals surface area contributed by atoms with Crippen LogP contribution in [0.15, 0.2) is 34.1 Å². The molecule has 1 aromatic rings. The van der Waals surface area contributed by atoms with E-state index in [1.54, 1.807) is 13.0 Å². The van der Waals surface area contributed by atoms with Gasteiger partial charge >= 0.3 is 11.8 Å². The standard InChI is InChI=1S/C21H23ClF2N4O3/c1-3-16(17-4-6-25-27-17)26-20(30)21(31)28-7-5-13(11(28)2)18(29)10-12-8-14(22)19(24)15(23)9-12/h4,8-9,11,13,16H,3,5-7,10H2,1-2H3,(H,26,30)/t11-,13-,16-/m0/s1. The van der Waals surface area contributed by atoms with Crippen LogP contribution in [-0.4, -0.2) is 47.7 Å². The van der Waals surface area contributed by atoms with Crippen molar-refractivity contribution < 1.29 is 23.2 Å². The van der Waals surface area contributed by atoms with Gasteiger partial charge in [-0.25, -0.2) is 8.78 Å². The molecule has 1 N–H and O–H groups in total. The lowest BCUT2D eigenvalue weighted by molar-refractivity contribution is -0.147. The Morgan fingerprint density at radius 3 is 2.68 bits per heavy atom. The zero-order chi connectivity index (χ0) is 22.7. The van der Waals surface area contributed by atoms with Gasteiger partial charge < -0.3 is 10.2 Å². The van der Waals surface area contributed by atoms with Crippen LogP contribution >= 0.6 is 11.6 Å². The number of ketones is 1. The lowest BCUT2D eigenvalue weighted by Crippen LogP contribution is -2.48. The number of likely N-dealkylation sites (tertiary alicyclic amines) is 1. The van der Waals surface area contributed by atoms with E-state index in [4.69, 9.17) is 11.6 Å². The van der Waals surface area contributed by atoms with Gasteiger partial charge in [-0.15, -0.1) is 0 Å². The quantitative estimate of drug-likeness (QED) is 0.530. The number of rotatable bonds is 6. The summed E-state index contributed by atoms with van der Waals surface area (Å²) in [7, 11) is 0. The van der Waals surface area contributed by atoms with E-state index in [2.05, 4.69) is 15.5 Å². The van der Waals surface area contributed by atoms with Gasteiger partial charge in [0.1, 0.15) is 5.78 Å². The first-order valence-corrected chi connectivity index (χ1v) is 10.5. The summed E-state index contributed by atoms with van der Waals surface area (Å²) in [6.07, 6.45) is 2.58. The van der Waals surface area contributed by atoms with E-state index >= 15 is 0 Å². The van der Waals surface area contributed by atoms with Crippen molar-refractivity contribution in [2.45, 2.75) is 45.2 Å². The van der Waals surface area contributed by atoms with E-state index in [-0.39, 0.29) is 24.3 Å². The molecule has 0 spiro atoms. The van der Waals surface area contributed by atoms with Gasteiger partial charge in [-0.05, 0) is 43.5 Å². The highest BCUT2D eigenvalue weighted by Gasteiger charge is 2.40. The van der Waals surface area contributed by atoms with Crippen LogP contribution in [0.5, 0.6) is 0 Å². The molecule has 1 saturated heterocycles. The third-order valence-electron chi connectivity index (χ3n) is 5.68. The molecule has 0 saturated carbocycles. The number of hydrogen-bond acceptors (Lipinski definition) is 5. The maximum Gasteiger partial charge on any atom is 0.312 e. The average molecular weight is 453 g/mol. The summed E-state index contributed by atoms with van der Waals surface area (Å²) in [6.45, 7) is 4.26. The van der Waals surface area contributed by atoms with Crippen LogP contribution in [0.25, 0.3) is 0 Å². The molecule has 2 aliphatic rings. The Morgan fingerprint density at radius 2 is 2.06 bits per heavy atom. The van der Waals surface area contributed by atoms with Crippen molar-refractivity contribution >= 4 is 29.2 Å². The van der Waals surface area contributed by atoms with Gasteiger partial charge in [-0.2, -0.15) is 10.2 Å². The highest BCUT2D eigenvalue weighted by atomic mass is 35.5. The van der Waals surface area contributed by atoms with Crippen molar-refractivity contribution in [2.24, 2.45) is 16.1 Å². The Bertz CT molecular complexity index is 943. The number of nitrogens with one attached hydrogen (secondary N) is 1. The first-order valence-electron chi connectivity index (χ1n) is 10.1. The van der Waals surface area contributed by atoms with Crippen LogP contribution in [0, 0.1) is 17.6 Å². The number of benzene rings is 1. The van der Waals surface area contributed by atoms with E-state index < -0.39 is 46.5 Å². The summed E-state index contributed by atoms with van der Waals surface area (Å²) in [6, 6.07) is 1.25. The van der Waals surface area contributed by atoms with Crippen molar-refractivity contribution in [1.29, 1.82) is 0 Å². The molecule has 0 aromatic heterocycles. The molecule has 31 heavy (non-hydrogen) atoms. The number of carbonyl (C=O) groups is 3. The van der Waals surface area contributed by atoms with Gasteiger partial charge in [-0.3, -0.25) is 14.4 Å². The SMILES string of the molecule is CC[C@H](NC(=O)C(=O)N1CC[C@H](C(=O)Cc2cc(F)c(F)c(Cl)c2)[C@@H]1C)C1=CCN=N1. The van der Waals surface area contributed by atoms with Gasteiger partial charge in [0, 0.05) is 24.9 Å². The zero-order valence-corrected chi connectivity index (χ0v) is 18.0. The van der Waals surface area contributed by atoms with Crippen LogP contribution in [0.4, 0.5) is 8.78 Å². The number of halogens is 3. The monoisotopic (exact) mass is 452 g/mol. The Balaban J connectivity index is 1.62. The maximum absolute atomic E-state index is 13.6. The summed E-state index contributed by atoms with van der Waals surface area (Å²) in [5.41, 5.74) is 0.879. The fraction of sp³-hybridized carbons (Fsp3) is 0.476. The predicted molar refractivity (Wildman–Crippen MR) is 109 cm³/mol. The van der Waals surface area contributed by atoms with Gasteiger partial charge in [0.25, 0.3) is 0 Å². The minimum absolute atomic E-state index is 0.142. The van der Waals surface area contributed by atoms with Crippen LogP contribution in [0.2, 0.25) is 5.02 Å². The number of hydrogen-bond donors (Lipinski definition) is 1. The fourth-order valence-electron chi connectivity index (χ4n) is 3.94. The van der Waals surface area contributed by atoms with Crippen LogP contribution in [0.1, 0.15) is 32.3 Å². The highest BCUT2D eigenvalue weighted by Crippen LogP contribution is 2.28. The van der Waals surface area contributed by atoms with E-state index in [1.165, 1.54) is 11.0 Å². The van der Waals surface area contributed by atoms with E-state index in [9.17, 15) is 23.2 Å². The van der Waals surface area contributed by atoms with Crippen molar-refractivity contribution in [2.75, 3.05) is 13.1 Å². The smallest absolute Gasteiger partial charge is 0.312 e. The topological polar surface area (TPSA) is 91.2 Å². The van der Waals surface area contributed by atoms with E-state index in [1.807, 2.05) is 6.92 Å². The van der Waals surface area contributed by atoms with Gasteiger partial charge in [0.2, 0.25) is 0 Å². The number of Topliss-reactive ketones (excluding diaryl/α,β-unsaturated/α-hetero) is 1. The molecule has 3 rings (SSSR count). The molecule has 7 nitrogen and oxygen atoms in total. The Morgan fingerprint density at radius 1 is 1.32 bits per heavy atom. The number of nitrogens with zero attached hydrogens (tertiary/aromatic N) is 3. The second-order valence-corrected chi connectivity index (χ2v) is 8.05. The Hall–Kier alpha value is -2.68. The van der Waals surface area contributed by atoms with E-state index in [0.29, 0.717) is 25.1 Å².